The molecule has 0 amide bonds. The van der Waals surface area contributed by atoms with E-state index in [0.717, 1.165) is 0 Å². The van der Waals surface area contributed by atoms with Gasteiger partial charge in [-0.25, -0.2) is 4.98 Å². The van der Waals surface area contributed by atoms with Crippen LogP contribution < -0.4 is 4.74 Å². The Morgan fingerprint density at radius 2 is 2.00 bits per heavy atom. The number of rotatable bonds is 4. The molecule has 0 fully saturated rings. The van der Waals surface area contributed by atoms with Crippen LogP contribution in [0.15, 0.2) is 27.4 Å². The van der Waals surface area contributed by atoms with Crippen LogP contribution in [0.3, 0.4) is 0 Å². The largest absolute Gasteiger partial charge is 0.471 e. The first-order chi connectivity index (χ1) is 10.9. The Morgan fingerprint density at radius 1 is 1.17 bits per heavy atom. The van der Waals surface area contributed by atoms with E-state index in [1.165, 1.54) is 18.3 Å². The van der Waals surface area contributed by atoms with Gasteiger partial charge in [0.15, 0.2) is 6.61 Å². The maximum atomic E-state index is 12.5. The fourth-order valence-corrected chi connectivity index (χ4v) is 1.62. The van der Waals surface area contributed by atoms with Crippen molar-refractivity contribution in [2.45, 2.75) is 19.7 Å². The van der Waals surface area contributed by atoms with Crippen molar-refractivity contribution in [2.24, 2.45) is 0 Å². The molecule has 3 heterocycles. The lowest BCUT2D eigenvalue weighted by Crippen LogP contribution is -2.04. The molecular formula is C12H8F3N5O3. The van der Waals surface area contributed by atoms with Crippen LogP contribution in [0.25, 0.3) is 11.4 Å². The van der Waals surface area contributed by atoms with Crippen LogP contribution in [-0.2, 0) is 12.8 Å². The maximum Gasteiger partial charge on any atom is 0.471 e. The van der Waals surface area contributed by atoms with E-state index in [9.17, 15) is 13.2 Å². The van der Waals surface area contributed by atoms with E-state index >= 15 is 0 Å². The van der Waals surface area contributed by atoms with Crippen LogP contribution in [0.2, 0.25) is 0 Å². The lowest BCUT2D eigenvalue weighted by molar-refractivity contribution is -0.159. The van der Waals surface area contributed by atoms with E-state index in [2.05, 4.69) is 29.8 Å². The summed E-state index contributed by atoms with van der Waals surface area (Å²) in [6.07, 6.45) is -3.36. The fraction of sp³-hybridized carbons (Fsp3) is 0.250. The molecule has 3 aromatic heterocycles. The van der Waals surface area contributed by atoms with Crippen LogP contribution in [0.4, 0.5) is 13.2 Å². The number of aromatic nitrogens is 5. The summed E-state index contributed by atoms with van der Waals surface area (Å²) in [4.78, 5) is 11.2. The first-order valence-electron chi connectivity index (χ1n) is 6.21. The summed E-state index contributed by atoms with van der Waals surface area (Å²) in [6.45, 7) is 1.62. The van der Waals surface area contributed by atoms with Gasteiger partial charge in [-0.1, -0.05) is 10.3 Å². The Balaban J connectivity index is 1.75. The summed E-state index contributed by atoms with van der Waals surface area (Å²) in [6, 6.07) is 2.80. The lowest BCUT2D eigenvalue weighted by atomic mass is 10.2. The highest BCUT2D eigenvalue weighted by Crippen LogP contribution is 2.29. The van der Waals surface area contributed by atoms with Crippen molar-refractivity contribution < 1.29 is 27.0 Å². The minimum Gasteiger partial charge on any atom is -0.469 e. The standard InChI is InChI=1S/C12H8F3N5O3/c1-6-17-8(19-22-6)5-21-9-4-7(2-3-16-9)10-18-11(23-20-10)12(13,14)15/h2-4H,5H2,1H3. The smallest absolute Gasteiger partial charge is 0.469 e. The minimum atomic E-state index is -4.70. The molecule has 3 aromatic rings. The Kier molecular flexibility index (Phi) is 3.68. The van der Waals surface area contributed by atoms with Crippen molar-refractivity contribution in [1.29, 1.82) is 0 Å². The topological polar surface area (TPSA) is 100.0 Å². The van der Waals surface area contributed by atoms with Gasteiger partial charge >= 0.3 is 12.1 Å². The third-order valence-electron chi connectivity index (χ3n) is 2.58. The van der Waals surface area contributed by atoms with Gasteiger partial charge < -0.3 is 13.8 Å². The number of ether oxygens (including phenoxy) is 1. The van der Waals surface area contributed by atoms with Crippen molar-refractivity contribution in [3.63, 3.8) is 0 Å². The molecule has 0 aromatic carbocycles. The van der Waals surface area contributed by atoms with Gasteiger partial charge in [-0.2, -0.15) is 23.1 Å². The van der Waals surface area contributed by atoms with Gasteiger partial charge in [-0.05, 0) is 6.07 Å². The first-order valence-corrected chi connectivity index (χ1v) is 6.21. The van der Waals surface area contributed by atoms with Gasteiger partial charge in [-0.15, -0.1) is 0 Å². The van der Waals surface area contributed by atoms with Crippen LogP contribution in [0, 0.1) is 6.92 Å². The number of pyridine rings is 1. The molecule has 0 unspecified atom stereocenters. The molecule has 0 aliphatic heterocycles. The Labute approximate surface area is 126 Å². The van der Waals surface area contributed by atoms with Gasteiger partial charge in [0.05, 0.1) is 0 Å². The SMILES string of the molecule is Cc1nc(COc2cc(-c3noc(C(F)(F)F)n3)ccn2)no1. The number of hydrogen-bond acceptors (Lipinski definition) is 8. The Morgan fingerprint density at radius 3 is 2.65 bits per heavy atom. The normalized spacial score (nSPS) is 11.7. The van der Waals surface area contributed by atoms with Gasteiger partial charge in [0.25, 0.3) is 0 Å². The molecule has 0 aliphatic rings. The lowest BCUT2D eigenvalue weighted by Gasteiger charge is -2.02. The fourth-order valence-electron chi connectivity index (χ4n) is 1.62. The zero-order valence-electron chi connectivity index (χ0n) is 11.5. The van der Waals surface area contributed by atoms with Gasteiger partial charge in [0, 0.05) is 24.8 Å². The molecule has 0 saturated heterocycles. The number of alkyl halides is 3. The second kappa shape index (κ2) is 5.66. The average molecular weight is 327 g/mol. The van der Waals surface area contributed by atoms with E-state index in [1.807, 2.05) is 0 Å². The number of halogens is 3. The molecule has 8 nitrogen and oxygen atoms in total. The molecule has 0 bridgehead atoms. The molecule has 0 atom stereocenters. The van der Waals surface area contributed by atoms with Crippen molar-refractivity contribution >= 4 is 0 Å². The molecule has 0 aliphatic carbocycles. The highest BCUT2D eigenvalue weighted by atomic mass is 19.4. The van der Waals surface area contributed by atoms with Crippen LogP contribution >= 0.6 is 0 Å². The molecule has 3 rings (SSSR count). The van der Waals surface area contributed by atoms with Crippen molar-refractivity contribution in [3.8, 4) is 17.3 Å². The van der Waals surface area contributed by atoms with E-state index in [-0.39, 0.29) is 23.9 Å². The Bertz CT molecular complexity index is 814. The van der Waals surface area contributed by atoms with Crippen molar-refractivity contribution in [3.05, 3.63) is 35.9 Å². The summed E-state index contributed by atoms with van der Waals surface area (Å²) in [7, 11) is 0. The summed E-state index contributed by atoms with van der Waals surface area (Å²) in [5.41, 5.74) is 0.263. The average Bonchev–Trinajstić information content (AvgIpc) is 3.14. The van der Waals surface area contributed by atoms with E-state index < -0.39 is 12.1 Å². The minimum absolute atomic E-state index is 0.00611. The van der Waals surface area contributed by atoms with Crippen molar-refractivity contribution in [2.75, 3.05) is 0 Å². The van der Waals surface area contributed by atoms with Crippen LogP contribution in [0.5, 0.6) is 5.88 Å². The molecule has 120 valence electrons. The van der Waals surface area contributed by atoms with Gasteiger partial charge in [0.2, 0.25) is 23.4 Å². The summed E-state index contributed by atoms with van der Waals surface area (Å²) in [5, 5.41) is 6.92. The Hall–Kier alpha value is -2.98. The second-order valence-corrected chi connectivity index (χ2v) is 4.32. The number of hydrogen-bond donors (Lipinski definition) is 0. The highest BCUT2D eigenvalue weighted by molar-refractivity contribution is 5.55. The van der Waals surface area contributed by atoms with E-state index in [4.69, 9.17) is 9.26 Å². The third-order valence-corrected chi connectivity index (χ3v) is 2.58. The summed E-state index contributed by atoms with van der Waals surface area (Å²) in [5.74, 6) is -0.803. The predicted octanol–water partition coefficient (Wildman–Crippen LogP) is 2.42. The molecular weight excluding hydrogens is 319 g/mol. The quantitative estimate of drug-likeness (QED) is 0.720. The maximum absolute atomic E-state index is 12.5. The zero-order chi connectivity index (χ0) is 16.4. The molecule has 11 heteroatoms. The van der Waals surface area contributed by atoms with E-state index in [0.29, 0.717) is 11.7 Å². The predicted molar refractivity (Wildman–Crippen MR) is 65.9 cm³/mol. The summed E-state index contributed by atoms with van der Waals surface area (Å²) < 4.78 is 51.6. The number of aryl methyl sites for hydroxylation is 1. The summed E-state index contributed by atoms with van der Waals surface area (Å²) >= 11 is 0. The zero-order valence-corrected chi connectivity index (χ0v) is 11.5. The van der Waals surface area contributed by atoms with Crippen LogP contribution in [0.1, 0.15) is 17.6 Å². The van der Waals surface area contributed by atoms with E-state index in [1.54, 1.807) is 6.92 Å². The molecule has 0 radical (unpaired) electrons. The van der Waals surface area contributed by atoms with Crippen molar-refractivity contribution in [1.82, 2.24) is 25.3 Å². The molecule has 0 N–H and O–H groups in total. The van der Waals surface area contributed by atoms with Crippen LogP contribution in [-0.4, -0.2) is 25.3 Å². The highest BCUT2D eigenvalue weighted by Gasteiger charge is 2.38. The van der Waals surface area contributed by atoms with Gasteiger partial charge in [-0.3, -0.25) is 0 Å². The molecule has 0 saturated carbocycles. The number of nitrogens with zero attached hydrogens (tertiary/aromatic N) is 5. The first kappa shape index (κ1) is 14.9. The monoisotopic (exact) mass is 327 g/mol. The van der Waals surface area contributed by atoms with Gasteiger partial charge in [0.1, 0.15) is 0 Å². The molecule has 23 heavy (non-hydrogen) atoms. The second-order valence-electron chi connectivity index (χ2n) is 4.32. The molecule has 0 spiro atoms. The third kappa shape index (κ3) is 3.44.